The molecule has 0 radical (unpaired) electrons. The predicted octanol–water partition coefficient (Wildman–Crippen LogP) is 3.48. The first-order chi connectivity index (χ1) is 15.6. The first kappa shape index (κ1) is 20.1. The van der Waals surface area contributed by atoms with Crippen LogP contribution in [0.25, 0.3) is 10.8 Å². The van der Waals surface area contributed by atoms with E-state index in [0.717, 1.165) is 23.8 Å². The van der Waals surface area contributed by atoms with E-state index in [1.54, 1.807) is 41.6 Å². The summed E-state index contributed by atoms with van der Waals surface area (Å²) >= 11 is 0. The molecule has 1 fully saturated rings. The summed E-state index contributed by atoms with van der Waals surface area (Å²) in [5.74, 6) is 0.646. The van der Waals surface area contributed by atoms with E-state index >= 15 is 0 Å². The number of aromatic nitrogens is 3. The zero-order valence-electron chi connectivity index (χ0n) is 17.3. The number of benzene rings is 2. The number of halogens is 1. The number of carbonyl (C=O) groups is 1. The number of fused-ring (bicyclic) bond motifs is 1. The van der Waals surface area contributed by atoms with Gasteiger partial charge in [0.2, 0.25) is 11.8 Å². The Morgan fingerprint density at radius 3 is 2.78 bits per heavy atom. The fourth-order valence-corrected chi connectivity index (χ4v) is 4.14. The van der Waals surface area contributed by atoms with E-state index in [-0.39, 0.29) is 29.9 Å². The highest BCUT2D eigenvalue weighted by atomic mass is 19.1. The molecule has 1 saturated heterocycles. The smallest absolute Gasteiger partial charge is 0.275 e. The summed E-state index contributed by atoms with van der Waals surface area (Å²) in [6.45, 7) is 0.435. The number of carbonyl (C=O) groups excluding carboxylic acids is 1. The molecule has 7 nitrogen and oxygen atoms in total. The van der Waals surface area contributed by atoms with Crippen molar-refractivity contribution in [1.29, 1.82) is 0 Å². The number of oxazole rings is 1. The van der Waals surface area contributed by atoms with Crippen molar-refractivity contribution in [3.05, 3.63) is 94.3 Å². The Bertz CT molecular complexity index is 1330. The van der Waals surface area contributed by atoms with E-state index in [0.29, 0.717) is 30.0 Å². The van der Waals surface area contributed by atoms with Crippen molar-refractivity contribution < 1.29 is 13.6 Å². The lowest BCUT2D eigenvalue weighted by Gasteiger charge is -2.22. The molecule has 0 saturated carbocycles. The summed E-state index contributed by atoms with van der Waals surface area (Å²) in [6, 6.07) is 13.1. The van der Waals surface area contributed by atoms with Crippen LogP contribution in [0.5, 0.6) is 0 Å². The lowest BCUT2D eigenvalue weighted by Crippen LogP contribution is -2.37. The maximum absolute atomic E-state index is 13.1. The van der Waals surface area contributed by atoms with Gasteiger partial charge in [0.1, 0.15) is 24.2 Å². The van der Waals surface area contributed by atoms with E-state index in [1.807, 2.05) is 12.1 Å². The van der Waals surface area contributed by atoms with Crippen molar-refractivity contribution in [3.8, 4) is 0 Å². The molecule has 1 aliphatic rings. The normalized spacial score (nSPS) is 16.0. The zero-order chi connectivity index (χ0) is 22.1. The molecule has 162 valence electrons. The number of amides is 1. The average Bonchev–Trinajstić information content (AvgIpc) is 3.47. The average molecular weight is 432 g/mol. The summed E-state index contributed by atoms with van der Waals surface area (Å²) in [6.07, 6.45) is 5.30. The summed E-state index contributed by atoms with van der Waals surface area (Å²) in [5, 5.41) is 5.44. The second-order valence-electron chi connectivity index (χ2n) is 7.91. The van der Waals surface area contributed by atoms with Crippen LogP contribution in [0.3, 0.4) is 0 Å². The highest BCUT2D eigenvalue weighted by Crippen LogP contribution is 2.32. The van der Waals surface area contributed by atoms with E-state index in [2.05, 4.69) is 10.1 Å². The standard InChI is InChI=1S/C24H21FN4O3/c25-18-9-7-16(8-10-18)12-19-14-26-23(32-19)21-6-3-11-28(21)22(30)15-29-24(31)20-5-2-1-4-17(20)13-27-29/h1-2,4-5,7-10,13-14,21H,3,6,11-12,15H2/t21-/m0/s1. The van der Waals surface area contributed by atoms with Crippen LogP contribution in [-0.4, -0.2) is 32.1 Å². The van der Waals surface area contributed by atoms with Gasteiger partial charge in [0, 0.05) is 18.4 Å². The van der Waals surface area contributed by atoms with Gasteiger partial charge in [-0.15, -0.1) is 0 Å². The van der Waals surface area contributed by atoms with E-state index in [4.69, 9.17) is 4.42 Å². The van der Waals surface area contributed by atoms with E-state index in [9.17, 15) is 14.0 Å². The third-order valence-electron chi connectivity index (χ3n) is 5.77. The molecular weight excluding hydrogens is 411 g/mol. The maximum Gasteiger partial charge on any atom is 0.275 e. The van der Waals surface area contributed by atoms with Crippen molar-refractivity contribution in [3.63, 3.8) is 0 Å². The quantitative estimate of drug-likeness (QED) is 0.482. The van der Waals surface area contributed by atoms with Crippen LogP contribution in [-0.2, 0) is 17.8 Å². The number of hydrogen-bond donors (Lipinski definition) is 0. The van der Waals surface area contributed by atoms with Gasteiger partial charge in [0.15, 0.2) is 0 Å². The summed E-state index contributed by atoms with van der Waals surface area (Å²) < 4.78 is 20.2. The number of rotatable bonds is 5. The first-order valence-corrected chi connectivity index (χ1v) is 10.5. The molecule has 3 heterocycles. The van der Waals surface area contributed by atoms with Crippen LogP contribution in [0.2, 0.25) is 0 Å². The predicted molar refractivity (Wildman–Crippen MR) is 115 cm³/mol. The molecule has 2 aromatic carbocycles. The molecule has 32 heavy (non-hydrogen) atoms. The maximum atomic E-state index is 13.1. The number of likely N-dealkylation sites (tertiary alicyclic amines) is 1. The van der Waals surface area contributed by atoms with E-state index < -0.39 is 0 Å². The van der Waals surface area contributed by atoms with Gasteiger partial charge in [-0.1, -0.05) is 30.3 Å². The Balaban J connectivity index is 1.32. The Hall–Kier alpha value is -3.81. The van der Waals surface area contributed by atoms with Gasteiger partial charge in [0.25, 0.3) is 5.56 Å². The lowest BCUT2D eigenvalue weighted by molar-refractivity contribution is -0.133. The summed E-state index contributed by atoms with van der Waals surface area (Å²) in [5.41, 5.74) is 0.625. The van der Waals surface area contributed by atoms with Crippen LogP contribution in [0.4, 0.5) is 4.39 Å². The first-order valence-electron chi connectivity index (χ1n) is 10.5. The van der Waals surface area contributed by atoms with Gasteiger partial charge < -0.3 is 9.32 Å². The van der Waals surface area contributed by atoms with Gasteiger partial charge in [-0.25, -0.2) is 14.1 Å². The molecular formula is C24H21FN4O3. The number of hydrogen-bond acceptors (Lipinski definition) is 5. The zero-order valence-corrected chi connectivity index (χ0v) is 17.3. The SMILES string of the molecule is O=C(Cn1ncc2ccccc2c1=O)N1CCC[C@H]1c1ncc(Cc2ccc(F)cc2)o1. The minimum Gasteiger partial charge on any atom is -0.443 e. The number of nitrogens with zero attached hydrogens (tertiary/aromatic N) is 4. The summed E-state index contributed by atoms with van der Waals surface area (Å²) in [4.78, 5) is 31.8. The largest absolute Gasteiger partial charge is 0.443 e. The molecule has 0 spiro atoms. The fourth-order valence-electron chi connectivity index (χ4n) is 4.14. The van der Waals surface area contributed by atoms with E-state index in [1.165, 1.54) is 16.8 Å². The van der Waals surface area contributed by atoms with Crippen LogP contribution in [0, 0.1) is 5.82 Å². The highest BCUT2D eigenvalue weighted by Gasteiger charge is 2.33. The summed E-state index contributed by atoms with van der Waals surface area (Å²) in [7, 11) is 0. The van der Waals surface area contributed by atoms with Crippen LogP contribution >= 0.6 is 0 Å². The molecule has 2 aromatic heterocycles. The van der Waals surface area contributed by atoms with Crippen molar-refractivity contribution in [1.82, 2.24) is 19.7 Å². The molecule has 0 bridgehead atoms. The lowest BCUT2D eigenvalue weighted by atomic mass is 10.1. The Morgan fingerprint density at radius 2 is 1.94 bits per heavy atom. The Labute approximate surface area is 183 Å². The van der Waals surface area contributed by atoms with Crippen LogP contribution in [0.15, 0.2) is 70.1 Å². The van der Waals surface area contributed by atoms with Gasteiger partial charge in [0.05, 0.1) is 17.8 Å². The monoisotopic (exact) mass is 432 g/mol. The van der Waals surface area contributed by atoms with Crippen molar-refractivity contribution in [2.45, 2.75) is 31.8 Å². The molecule has 4 aromatic rings. The van der Waals surface area contributed by atoms with Crippen molar-refractivity contribution in [2.75, 3.05) is 6.54 Å². The second-order valence-corrected chi connectivity index (χ2v) is 7.91. The Morgan fingerprint density at radius 1 is 1.12 bits per heavy atom. The van der Waals surface area contributed by atoms with Gasteiger partial charge >= 0.3 is 0 Å². The molecule has 0 aliphatic carbocycles. The molecule has 1 aliphatic heterocycles. The Kier molecular flexibility index (Phi) is 5.26. The van der Waals surface area contributed by atoms with Crippen LogP contribution in [0.1, 0.15) is 36.1 Å². The highest BCUT2D eigenvalue weighted by molar-refractivity contribution is 5.81. The second kappa shape index (κ2) is 8.37. The third kappa shape index (κ3) is 3.91. The fraction of sp³-hybridized carbons (Fsp3) is 0.250. The minimum atomic E-state index is -0.287. The third-order valence-corrected chi connectivity index (χ3v) is 5.77. The van der Waals surface area contributed by atoms with Crippen molar-refractivity contribution in [2.24, 2.45) is 0 Å². The molecule has 1 amide bonds. The van der Waals surface area contributed by atoms with Crippen molar-refractivity contribution >= 4 is 16.7 Å². The molecule has 8 heteroatoms. The molecule has 0 unspecified atom stereocenters. The molecule has 1 atom stereocenters. The molecule has 0 N–H and O–H groups in total. The van der Waals surface area contributed by atoms with Gasteiger partial charge in [-0.3, -0.25) is 9.59 Å². The topological polar surface area (TPSA) is 81.2 Å². The van der Waals surface area contributed by atoms with Gasteiger partial charge in [-0.05, 0) is 36.6 Å². The van der Waals surface area contributed by atoms with Crippen LogP contribution < -0.4 is 5.56 Å². The minimum absolute atomic E-state index is 0.136. The van der Waals surface area contributed by atoms with Gasteiger partial charge in [-0.2, -0.15) is 5.10 Å². The molecule has 5 rings (SSSR count).